The van der Waals surface area contributed by atoms with Gasteiger partial charge in [-0.3, -0.25) is 0 Å². The van der Waals surface area contributed by atoms with Gasteiger partial charge in [-0.15, -0.1) is 11.3 Å². The lowest BCUT2D eigenvalue weighted by Gasteiger charge is -2.52. The molecule has 1 saturated carbocycles. The van der Waals surface area contributed by atoms with Crippen molar-refractivity contribution in [3.63, 3.8) is 0 Å². The van der Waals surface area contributed by atoms with E-state index in [0.717, 1.165) is 38.5 Å². The molecule has 5 heteroatoms. The summed E-state index contributed by atoms with van der Waals surface area (Å²) in [6, 6.07) is 2.41. The minimum Gasteiger partial charge on any atom is -0.476 e. The van der Waals surface area contributed by atoms with E-state index in [4.69, 9.17) is 5.11 Å². The number of rotatable bonds is 6. The maximum absolute atomic E-state index is 10.9. The molecule has 4 nitrogen and oxygen atoms in total. The van der Waals surface area contributed by atoms with Gasteiger partial charge in [0.05, 0.1) is 6.07 Å². The fourth-order valence-electron chi connectivity index (χ4n) is 3.64. The molecule has 1 aliphatic rings. The second kappa shape index (κ2) is 5.53. The third kappa shape index (κ3) is 2.45. The van der Waals surface area contributed by atoms with Crippen LogP contribution in [0.25, 0.3) is 0 Å². The Hall–Kier alpha value is -1.41. The van der Waals surface area contributed by atoms with Crippen LogP contribution >= 0.6 is 11.3 Å². The number of aromatic carboxylic acids is 1. The van der Waals surface area contributed by atoms with Gasteiger partial charge < -0.3 is 5.11 Å². The summed E-state index contributed by atoms with van der Waals surface area (Å²) in [5.41, 5.74) is -0.236. The van der Waals surface area contributed by atoms with Crippen molar-refractivity contribution < 1.29 is 9.90 Å². The van der Waals surface area contributed by atoms with E-state index in [-0.39, 0.29) is 11.1 Å². The van der Waals surface area contributed by atoms with Crippen molar-refractivity contribution in [2.45, 2.75) is 57.8 Å². The molecule has 0 atom stereocenters. The average Bonchev–Trinajstić information content (AvgIpc) is 2.85. The van der Waals surface area contributed by atoms with Crippen molar-refractivity contribution in [3.8, 4) is 6.07 Å². The third-order valence-corrected chi connectivity index (χ3v) is 5.31. The molecule has 0 saturated heterocycles. The van der Waals surface area contributed by atoms with Gasteiger partial charge in [-0.1, -0.05) is 26.7 Å². The highest BCUT2D eigenvalue weighted by molar-refractivity contribution is 7.10. The number of carbonyl (C=O) groups is 1. The van der Waals surface area contributed by atoms with Crippen LogP contribution in [0, 0.1) is 16.7 Å². The van der Waals surface area contributed by atoms with E-state index in [0.29, 0.717) is 5.01 Å². The van der Waals surface area contributed by atoms with Crippen LogP contribution < -0.4 is 0 Å². The Kier molecular flexibility index (Phi) is 4.14. The molecule has 0 unspecified atom stereocenters. The standard InChI is InChI=1S/C15H20N2O2S/c1-3-5-14(6-4-2)8-15(9-14,10-16)13-17-11(7-20-13)12(18)19/h7H,3-6,8-9H2,1-2H3,(H,18,19). The summed E-state index contributed by atoms with van der Waals surface area (Å²) in [6.07, 6.45) is 6.18. The SMILES string of the molecule is CCCC1(CCC)CC(C#N)(c2nc(C(=O)O)cs2)C1. The van der Waals surface area contributed by atoms with E-state index in [2.05, 4.69) is 24.9 Å². The van der Waals surface area contributed by atoms with Crippen LogP contribution in [0.1, 0.15) is 67.9 Å². The first-order chi connectivity index (χ1) is 9.51. The number of nitriles is 1. The molecule has 0 spiro atoms. The highest BCUT2D eigenvalue weighted by Gasteiger charge is 2.56. The molecule has 1 fully saturated rings. The lowest BCUT2D eigenvalue weighted by atomic mass is 9.50. The molecule has 1 aromatic rings. The van der Waals surface area contributed by atoms with Crippen molar-refractivity contribution in [3.05, 3.63) is 16.1 Å². The van der Waals surface area contributed by atoms with Gasteiger partial charge in [-0.05, 0) is 31.1 Å². The van der Waals surface area contributed by atoms with E-state index in [9.17, 15) is 10.1 Å². The van der Waals surface area contributed by atoms with Gasteiger partial charge in [0.15, 0.2) is 5.69 Å². The Balaban J connectivity index is 2.21. The monoisotopic (exact) mass is 292 g/mol. The average molecular weight is 292 g/mol. The first kappa shape index (κ1) is 15.0. The zero-order valence-electron chi connectivity index (χ0n) is 12.0. The van der Waals surface area contributed by atoms with Crippen LogP contribution in [-0.4, -0.2) is 16.1 Å². The van der Waals surface area contributed by atoms with E-state index in [1.807, 2.05) is 0 Å². The zero-order chi connectivity index (χ0) is 14.8. The summed E-state index contributed by atoms with van der Waals surface area (Å²) in [4.78, 5) is 15.1. The third-order valence-electron chi connectivity index (χ3n) is 4.26. The highest BCUT2D eigenvalue weighted by atomic mass is 32.1. The fraction of sp³-hybridized carbons (Fsp3) is 0.667. The number of hydrogen-bond donors (Lipinski definition) is 1. The van der Waals surface area contributed by atoms with Crippen LogP contribution in [0.3, 0.4) is 0 Å². The molecule has 1 heterocycles. The molecule has 20 heavy (non-hydrogen) atoms. The second-order valence-electron chi connectivity index (χ2n) is 5.89. The van der Waals surface area contributed by atoms with Crippen LogP contribution in [0.2, 0.25) is 0 Å². The summed E-state index contributed by atoms with van der Waals surface area (Å²) in [5, 5.41) is 20.8. The van der Waals surface area contributed by atoms with Crippen LogP contribution in [-0.2, 0) is 5.41 Å². The first-order valence-electron chi connectivity index (χ1n) is 7.11. The first-order valence-corrected chi connectivity index (χ1v) is 7.99. The quantitative estimate of drug-likeness (QED) is 0.860. The summed E-state index contributed by atoms with van der Waals surface area (Å²) in [5.74, 6) is -1.02. The molecule has 1 N–H and O–H groups in total. The smallest absolute Gasteiger partial charge is 0.355 e. The van der Waals surface area contributed by atoms with Crippen LogP contribution in [0.4, 0.5) is 0 Å². The molecule has 2 rings (SSSR count). The predicted molar refractivity (Wildman–Crippen MR) is 77.8 cm³/mol. The van der Waals surface area contributed by atoms with E-state index < -0.39 is 11.4 Å². The second-order valence-corrected chi connectivity index (χ2v) is 6.75. The summed E-state index contributed by atoms with van der Waals surface area (Å²) in [7, 11) is 0. The number of carboxylic acids is 1. The van der Waals surface area contributed by atoms with Crippen molar-refractivity contribution >= 4 is 17.3 Å². The lowest BCUT2D eigenvalue weighted by Crippen LogP contribution is -2.48. The predicted octanol–water partition coefficient (Wildman–Crippen LogP) is 3.98. The maximum atomic E-state index is 10.9. The molecule has 0 bridgehead atoms. The number of nitrogens with zero attached hydrogens (tertiary/aromatic N) is 2. The van der Waals surface area contributed by atoms with Gasteiger partial charge in [0.2, 0.25) is 0 Å². The summed E-state index contributed by atoms with van der Waals surface area (Å²) >= 11 is 1.31. The summed E-state index contributed by atoms with van der Waals surface area (Å²) in [6.45, 7) is 4.35. The fourth-order valence-corrected chi connectivity index (χ4v) is 4.58. The van der Waals surface area contributed by atoms with E-state index in [1.54, 1.807) is 0 Å². The van der Waals surface area contributed by atoms with Gasteiger partial charge in [0, 0.05) is 5.38 Å². The van der Waals surface area contributed by atoms with E-state index >= 15 is 0 Å². The molecule has 0 radical (unpaired) electrons. The Morgan fingerprint density at radius 3 is 2.45 bits per heavy atom. The Labute approximate surface area is 123 Å². The summed E-state index contributed by atoms with van der Waals surface area (Å²) < 4.78 is 0. The number of carboxylic acid groups (broad SMARTS) is 1. The van der Waals surface area contributed by atoms with Crippen LogP contribution in [0.5, 0.6) is 0 Å². The van der Waals surface area contributed by atoms with Crippen molar-refractivity contribution in [1.29, 1.82) is 5.26 Å². The lowest BCUT2D eigenvalue weighted by molar-refractivity contribution is 0.0355. The normalized spacial score (nSPS) is 19.1. The molecule has 0 amide bonds. The van der Waals surface area contributed by atoms with Crippen molar-refractivity contribution in [2.75, 3.05) is 0 Å². The van der Waals surface area contributed by atoms with E-state index in [1.165, 1.54) is 16.7 Å². The molecule has 1 aliphatic carbocycles. The molecular formula is C15H20N2O2S. The van der Waals surface area contributed by atoms with Crippen LogP contribution in [0.15, 0.2) is 5.38 Å². The number of aromatic nitrogens is 1. The number of hydrogen-bond acceptors (Lipinski definition) is 4. The molecule has 0 aliphatic heterocycles. The van der Waals surface area contributed by atoms with Crippen molar-refractivity contribution in [2.24, 2.45) is 5.41 Å². The van der Waals surface area contributed by atoms with Gasteiger partial charge in [-0.2, -0.15) is 5.26 Å². The Morgan fingerprint density at radius 2 is 2.05 bits per heavy atom. The minimum atomic E-state index is -1.02. The van der Waals surface area contributed by atoms with Gasteiger partial charge in [-0.25, -0.2) is 9.78 Å². The van der Waals surface area contributed by atoms with Gasteiger partial charge in [0.25, 0.3) is 0 Å². The molecule has 0 aromatic carbocycles. The molecule has 1 aromatic heterocycles. The van der Waals surface area contributed by atoms with Gasteiger partial charge in [0.1, 0.15) is 10.4 Å². The minimum absolute atomic E-state index is 0.0584. The maximum Gasteiger partial charge on any atom is 0.355 e. The molecular weight excluding hydrogens is 272 g/mol. The number of thiazole rings is 1. The largest absolute Gasteiger partial charge is 0.476 e. The zero-order valence-corrected chi connectivity index (χ0v) is 12.8. The van der Waals surface area contributed by atoms with Gasteiger partial charge >= 0.3 is 5.97 Å². The Bertz CT molecular complexity index is 530. The highest BCUT2D eigenvalue weighted by Crippen LogP contribution is 2.60. The topological polar surface area (TPSA) is 74.0 Å². The Morgan fingerprint density at radius 1 is 1.45 bits per heavy atom. The molecule has 108 valence electrons. The van der Waals surface area contributed by atoms with Crippen molar-refractivity contribution in [1.82, 2.24) is 4.98 Å².